The van der Waals surface area contributed by atoms with Gasteiger partial charge in [-0.15, -0.1) is 0 Å². The van der Waals surface area contributed by atoms with Crippen molar-refractivity contribution in [1.82, 2.24) is 0 Å². The van der Waals surface area contributed by atoms with Gasteiger partial charge in [0, 0.05) is 22.2 Å². The van der Waals surface area contributed by atoms with Crippen LogP contribution in [0.1, 0.15) is 21.5 Å². The van der Waals surface area contributed by atoms with Crippen molar-refractivity contribution in [2.75, 3.05) is 14.2 Å². The summed E-state index contributed by atoms with van der Waals surface area (Å²) < 4.78 is 23.3. The molecule has 3 aromatic rings. The lowest BCUT2D eigenvalue weighted by atomic mass is 10.1. The van der Waals surface area contributed by atoms with E-state index >= 15 is 0 Å². The molecule has 152 valence electrons. The highest BCUT2D eigenvalue weighted by Crippen LogP contribution is 2.36. The monoisotopic (exact) mass is 466 g/mol. The van der Waals surface area contributed by atoms with Gasteiger partial charge in [0.05, 0.1) is 19.8 Å². The van der Waals surface area contributed by atoms with E-state index in [1.54, 1.807) is 50.6 Å². The van der Waals surface area contributed by atoms with Crippen LogP contribution in [0.15, 0.2) is 70.9 Å². The molecule has 0 bridgehead atoms. The second kappa shape index (κ2) is 8.63. The number of carbonyl (C=O) groups is 1. The number of hydrogen-bond donors (Lipinski definition) is 0. The van der Waals surface area contributed by atoms with E-state index in [2.05, 4.69) is 15.9 Å². The zero-order valence-corrected chi connectivity index (χ0v) is 18.1. The number of ether oxygens (including phenoxy) is 4. The van der Waals surface area contributed by atoms with Gasteiger partial charge in [0.15, 0.2) is 5.76 Å². The molecule has 4 rings (SSSR count). The second-order valence-electron chi connectivity index (χ2n) is 6.62. The highest BCUT2D eigenvalue weighted by atomic mass is 79.9. The lowest BCUT2D eigenvalue weighted by molar-refractivity contribution is 0.101. The third-order valence-corrected chi connectivity index (χ3v) is 5.22. The van der Waals surface area contributed by atoms with E-state index in [1.165, 1.54) is 0 Å². The number of halogens is 1. The topological polar surface area (TPSA) is 54.0 Å². The van der Waals surface area contributed by atoms with Crippen molar-refractivity contribution < 1.29 is 23.7 Å². The largest absolute Gasteiger partial charge is 0.497 e. The third kappa shape index (κ3) is 4.19. The van der Waals surface area contributed by atoms with Gasteiger partial charge >= 0.3 is 0 Å². The fourth-order valence-electron chi connectivity index (χ4n) is 3.08. The Morgan fingerprint density at radius 1 is 0.933 bits per heavy atom. The second-order valence-corrected chi connectivity index (χ2v) is 7.54. The molecule has 30 heavy (non-hydrogen) atoms. The van der Waals surface area contributed by atoms with Crippen LogP contribution in [0.25, 0.3) is 6.08 Å². The van der Waals surface area contributed by atoms with Crippen molar-refractivity contribution in [3.63, 3.8) is 0 Å². The molecule has 0 fully saturated rings. The Labute approximate surface area is 183 Å². The van der Waals surface area contributed by atoms with Crippen LogP contribution in [0.3, 0.4) is 0 Å². The summed E-state index contributed by atoms with van der Waals surface area (Å²) in [7, 11) is 3.15. The minimum atomic E-state index is -0.178. The number of rotatable bonds is 6. The number of allylic oxidation sites excluding steroid dienone is 1. The minimum absolute atomic E-state index is 0.178. The zero-order valence-electron chi connectivity index (χ0n) is 16.5. The van der Waals surface area contributed by atoms with Crippen LogP contribution < -0.4 is 18.9 Å². The summed E-state index contributed by atoms with van der Waals surface area (Å²) in [6.45, 7) is 0.422. The first-order chi connectivity index (χ1) is 14.6. The van der Waals surface area contributed by atoms with Gasteiger partial charge in [-0.05, 0) is 48.0 Å². The third-order valence-electron chi connectivity index (χ3n) is 4.69. The van der Waals surface area contributed by atoms with Crippen LogP contribution in [0, 0.1) is 0 Å². The molecule has 0 aliphatic carbocycles. The van der Waals surface area contributed by atoms with Crippen molar-refractivity contribution in [3.8, 4) is 23.0 Å². The number of ketones is 1. The molecule has 0 amide bonds. The van der Waals surface area contributed by atoms with Gasteiger partial charge in [0.2, 0.25) is 5.78 Å². The highest BCUT2D eigenvalue weighted by Gasteiger charge is 2.28. The molecule has 1 heterocycles. The van der Waals surface area contributed by atoms with Crippen LogP contribution in [-0.2, 0) is 6.61 Å². The van der Waals surface area contributed by atoms with Gasteiger partial charge in [-0.25, -0.2) is 0 Å². The Morgan fingerprint density at radius 2 is 1.70 bits per heavy atom. The molecule has 1 aliphatic heterocycles. The van der Waals surface area contributed by atoms with Crippen LogP contribution in [-0.4, -0.2) is 20.0 Å². The predicted molar refractivity (Wildman–Crippen MR) is 117 cm³/mol. The number of Topliss-reactive ketones (excluding diaryl/α,β-unsaturated/α-hetero) is 1. The smallest absolute Gasteiger partial charge is 0.231 e. The molecule has 0 atom stereocenters. The first-order valence-electron chi connectivity index (χ1n) is 9.25. The molecule has 0 spiro atoms. The van der Waals surface area contributed by atoms with Gasteiger partial charge in [-0.3, -0.25) is 4.79 Å². The van der Waals surface area contributed by atoms with E-state index in [1.807, 2.05) is 30.3 Å². The van der Waals surface area contributed by atoms with Crippen molar-refractivity contribution in [3.05, 3.63) is 87.6 Å². The quantitative estimate of drug-likeness (QED) is 0.438. The SMILES string of the molecule is COc1ccc(/C=C2\Oc3cc(OCc4ccc(Br)cc4)ccc3C2=O)c(OC)c1. The van der Waals surface area contributed by atoms with E-state index in [0.717, 1.165) is 15.6 Å². The maximum atomic E-state index is 12.7. The summed E-state index contributed by atoms with van der Waals surface area (Å²) in [5.41, 5.74) is 2.27. The van der Waals surface area contributed by atoms with Gasteiger partial charge in [-0.2, -0.15) is 0 Å². The Morgan fingerprint density at radius 3 is 2.43 bits per heavy atom. The maximum Gasteiger partial charge on any atom is 0.231 e. The average Bonchev–Trinajstić information content (AvgIpc) is 3.08. The molecule has 0 radical (unpaired) electrons. The minimum Gasteiger partial charge on any atom is -0.497 e. The van der Waals surface area contributed by atoms with Gasteiger partial charge in [0.1, 0.15) is 29.6 Å². The summed E-state index contributed by atoms with van der Waals surface area (Å²) >= 11 is 3.42. The molecule has 6 heteroatoms. The summed E-state index contributed by atoms with van der Waals surface area (Å²) in [6.07, 6.45) is 1.67. The van der Waals surface area contributed by atoms with E-state index in [-0.39, 0.29) is 11.5 Å². The average molecular weight is 467 g/mol. The van der Waals surface area contributed by atoms with E-state index in [4.69, 9.17) is 18.9 Å². The summed E-state index contributed by atoms with van der Waals surface area (Å²) in [4.78, 5) is 12.7. The number of hydrogen-bond acceptors (Lipinski definition) is 5. The molecule has 0 N–H and O–H groups in total. The molecule has 5 nitrogen and oxygen atoms in total. The predicted octanol–water partition coefficient (Wildman–Crippen LogP) is 5.66. The van der Waals surface area contributed by atoms with Crippen molar-refractivity contribution in [2.24, 2.45) is 0 Å². The number of benzene rings is 3. The Hall–Kier alpha value is -3.25. The van der Waals surface area contributed by atoms with Crippen LogP contribution >= 0.6 is 15.9 Å². The van der Waals surface area contributed by atoms with E-state index < -0.39 is 0 Å². The summed E-state index contributed by atoms with van der Waals surface area (Å²) in [5, 5.41) is 0. The lowest BCUT2D eigenvalue weighted by Crippen LogP contribution is -1.99. The normalized spacial score (nSPS) is 13.7. The highest BCUT2D eigenvalue weighted by molar-refractivity contribution is 9.10. The molecule has 0 saturated carbocycles. The molecular formula is C24H19BrO5. The summed E-state index contributed by atoms with van der Waals surface area (Å²) in [5.74, 6) is 2.43. The van der Waals surface area contributed by atoms with Crippen LogP contribution in [0.5, 0.6) is 23.0 Å². The number of methoxy groups -OCH3 is 2. The van der Waals surface area contributed by atoms with Gasteiger partial charge < -0.3 is 18.9 Å². The van der Waals surface area contributed by atoms with Crippen molar-refractivity contribution in [2.45, 2.75) is 6.61 Å². The molecular weight excluding hydrogens is 448 g/mol. The van der Waals surface area contributed by atoms with Gasteiger partial charge in [-0.1, -0.05) is 28.1 Å². The fourth-order valence-corrected chi connectivity index (χ4v) is 3.35. The first kappa shape index (κ1) is 20.0. The van der Waals surface area contributed by atoms with Crippen molar-refractivity contribution >= 4 is 27.8 Å². The van der Waals surface area contributed by atoms with Gasteiger partial charge in [0.25, 0.3) is 0 Å². The Balaban J connectivity index is 1.53. The Bertz CT molecular complexity index is 1120. The maximum absolute atomic E-state index is 12.7. The first-order valence-corrected chi connectivity index (χ1v) is 10.0. The van der Waals surface area contributed by atoms with Crippen LogP contribution in [0.2, 0.25) is 0 Å². The molecule has 3 aromatic carbocycles. The standard InChI is InChI=1S/C24H19BrO5/c1-27-18-8-5-16(21(12-18)28-2)11-23-24(26)20-10-9-19(13-22(20)30-23)29-14-15-3-6-17(25)7-4-15/h3-13H,14H2,1-2H3/b23-11-. The lowest BCUT2D eigenvalue weighted by Gasteiger charge is -2.08. The number of fused-ring (bicyclic) bond motifs is 1. The zero-order chi connectivity index (χ0) is 21.1. The van der Waals surface area contributed by atoms with Crippen LogP contribution in [0.4, 0.5) is 0 Å². The molecule has 0 unspecified atom stereocenters. The number of carbonyl (C=O) groups excluding carboxylic acids is 1. The summed E-state index contributed by atoms with van der Waals surface area (Å²) in [6, 6.07) is 18.5. The fraction of sp³-hybridized carbons (Fsp3) is 0.125. The molecule has 0 saturated heterocycles. The molecule has 0 aromatic heterocycles. The van der Waals surface area contributed by atoms with E-state index in [9.17, 15) is 4.79 Å². The van der Waals surface area contributed by atoms with E-state index in [0.29, 0.717) is 35.2 Å². The molecule has 1 aliphatic rings. The van der Waals surface area contributed by atoms with Crippen molar-refractivity contribution in [1.29, 1.82) is 0 Å². The Kier molecular flexibility index (Phi) is 5.77.